The number of nitrogens with one attached hydrogen (secondary N) is 1. The zero-order valence-corrected chi connectivity index (χ0v) is 18.3. The van der Waals surface area contributed by atoms with Crippen LogP contribution < -0.4 is 4.87 Å². The standard InChI is InChI=1S/C20H18N2O5S3/c1-6(19(25)26)22-17(23)11-7-5-8(12(11)18(22)24)14-10(7)13(9-3-2-4-28-9)15-16(29-14)21-20(27)30-15/h2-4,6-8,10-14H,5H2,1H3,(H,21,27)(H,25,26)/t6-,7-,8-,10-,11+,12-,13+,14+/m1/s1. The lowest BCUT2D eigenvalue weighted by molar-refractivity contribution is -0.154. The Labute approximate surface area is 183 Å². The molecule has 4 aliphatic rings. The van der Waals surface area contributed by atoms with Crippen LogP contribution in [0.15, 0.2) is 27.3 Å². The Bertz CT molecular complexity index is 1140. The van der Waals surface area contributed by atoms with Crippen molar-refractivity contribution in [2.24, 2.45) is 29.6 Å². The molecule has 8 atom stereocenters. The molecule has 4 heterocycles. The average molecular weight is 463 g/mol. The second-order valence-corrected chi connectivity index (χ2v) is 11.7. The molecule has 0 spiro atoms. The van der Waals surface area contributed by atoms with Gasteiger partial charge in [-0.05, 0) is 42.5 Å². The topological polar surface area (TPSA) is 108 Å². The highest BCUT2D eigenvalue weighted by atomic mass is 32.2. The Morgan fingerprint density at radius 1 is 1.23 bits per heavy atom. The summed E-state index contributed by atoms with van der Waals surface area (Å²) in [5.41, 5.74) is 0. The van der Waals surface area contributed by atoms with E-state index in [1.165, 1.54) is 23.1 Å². The summed E-state index contributed by atoms with van der Waals surface area (Å²) in [5, 5.41) is 12.4. The summed E-state index contributed by atoms with van der Waals surface area (Å²) < 4.78 is 0. The average Bonchev–Trinajstić information content (AvgIpc) is 3.48. The van der Waals surface area contributed by atoms with Gasteiger partial charge in [0.25, 0.3) is 0 Å². The van der Waals surface area contributed by atoms with Crippen molar-refractivity contribution in [1.29, 1.82) is 0 Å². The maximum absolute atomic E-state index is 13.2. The maximum atomic E-state index is 13.2. The monoisotopic (exact) mass is 462 g/mol. The first-order valence-electron chi connectivity index (χ1n) is 9.91. The highest BCUT2D eigenvalue weighted by Gasteiger charge is 2.70. The summed E-state index contributed by atoms with van der Waals surface area (Å²) in [4.78, 5) is 56.1. The van der Waals surface area contributed by atoms with Gasteiger partial charge in [0.05, 0.1) is 16.9 Å². The van der Waals surface area contributed by atoms with E-state index in [2.05, 4.69) is 11.1 Å². The van der Waals surface area contributed by atoms with E-state index in [1.54, 1.807) is 23.1 Å². The third kappa shape index (κ3) is 2.27. The molecular formula is C20H18N2O5S3. The predicted octanol–water partition coefficient (Wildman–Crippen LogP) is 2.44. The van der Waals surface area contributed by atoms with Gasteiger partial charge in [-0.25, -0.2) is 4.79 Å². The number of carbonyl (C=O) groups excluding carboxylic acids is 2. The van der Waals surface area contributed by atoms with Crippen LogP contribution in [-0.4, -0.2) is 44.1 Å². The molecule has 6 rings (SSSR count). The van der Waals surface area contributed by atoms with Crippen LogP contribution in [-0.2, 0) is 14.4 Å². The number of nitrogens with zero attached hydrogens (tertiary/aromatic N) is 1. The quantitative estimate of drug-likeness (QED) is 0.679. The summed E-state index contributed by atoms with van der Waals surface area (Å²) in [6.45, 7) is 1.40. The number of hydrogen-bond donors (Lipinski definition) is 2. The molecule has 2 aliphatic carbocycles. The highest BCUT2D eigenvalue weighted by Crippen LogP contribution is 2.68. The van der Waals surface area contributed by atoms with Crippen molar-refractivity contribution in [2.75, 3.05) is 0 Å². The summed E-state index contributed by atoms with van der Waals surface area (Å²) in [6.07, 6.45) is 0.811. The van der Waals surface area contributed by atoms with Crippen molar-refractivity contribution in [2.45, 2.75) is 35.6 Å². The summed E-state index contributed by atoms with van der Waals surface area (Å²) in [7, 11) is 0. The smallest absolute Gasteiger partial charge is 0.326 e. The van der Waals surface area contributed by atoms with Gasteiger partial charge in [0.1, 0.15) is 6.04 Å². The van der Waals surface area contributed by atoms with Crippen LogP contribution in [0.5, 0.6) is 0 Å². The van der Waals surface area contributed by atoms with Gasteiger partial charge in [-0.2, -0.15) is 0 Å². The first-order chi connectivity index (χ1) is 14.4. The van der Waals surface area contributed by atoms with Crippen LogP contribution in [0.2, 0.25) is 0 Å². The second-order valence-electron chi connectivity index (χ2n) is 8.54. The number of amides is 2. The lowest BCUT2D eigenvalue weighted by atomic mass is 9.69. The molecule has 2 bridgehead atoms. The van der Waals surface area contributed by atoms with Gasteiger partial charge in [0.2, 0.25) is 11.8 Å². The van der Waals surface area contributed by atoms with Gasteiger partial charge in [0, 0.05) is 20.9 Å². The number of carboxylic acids is 1. The SMILES string of the molecule is C[C@H](C(=O)O)N1C(=O)[C@@H]2[C@H]3C[C@@H]([C@@H]2C1=O)[C@@H]1[C@H](c2cccs2)c2sc(=O)[nH]c2S[C@@H]31. The molecule has 0 aromatic carbocycles. The van der Waals surface area contributed by atoms with Crippen molar-refractivity contribution in [1.82, 2.24) is 9.88 Å². The number of thiophene rings is 1. The molecule has 2 amide bonds. The zero-order chi connectivity index (χ0) is 20.9. The van der Waals surface area contributed by atoms with E-state index in [0.717, 1.165) is 21.2 Å². The number of aliphatic carboxylic acids is 1. The Hall–Kier alpha value is -1.91. The van der Waals surface area contributed by atoms with E-state index in [4.69, 9.17) is 0 Å². The Morgan fingerprint density at radius 2 is 1.97 bits per heavy atom. The molecule has 1 saturated heterocycles. The molecule has 2 aromatic rings. The Kier molecular flexibility index (Phi) is 3.96. The van der Waals surface area contributed by atoms with Crippen molar-refractivity contribution in [3.8, 4) is 0 Å². The number of fused-ring (bicyclic) bond motifs is 9. The number of carboxylic acid groups (broad SMARTS) is 1. The number of thioether (sulfide) groups is 1. The van der Waals surface area contributed by atoms with Gasteiger partial charge in [0.15, 0.2) is 0 Å². The largest absolute Gasteiger partial charge is 0.480 e. The summed E-state index contributed by atoms with van der Waals surface area (Å²) in [5.74, 6) is -2.44. The number of carbonyl (C=O) groups is 3. The molecule has 2 N–H and O–H groups in total. The third-order valence-electron chi connectivity index (χ3n) is 7.35. The first kappa shape index (κ1) is 18.8. The van der Waals surface area contributed by atoms with Crippen LogP contribution in [0, 0.1) is 29.6 Å². The fraction of sp³-hybridized carbons (Fsp3) is 0.500. The van der Waals surface area contributed by atoms with Crippen LogP contribution >= 0.6 is 34.4 Å². The molecule has 10 heteroatoms. The molecule has 0 unspecified atom stereocenters. The molecule has 2 aromatic heterocycles. The minimum atomic E-state index is -1.16. The molecule has 30 heavy (non-hydrogen) atoms. The van der Waals surface area contributed by atoms with Crippen LogP contribution in [0.4, 0.5) is 0 Å². The van der Waals surface area contributed by atoms with Crippen molar-refractivity contribution >= 4 is 52.2 Å². The third-order valence-corrected chi connectivity index (χ3v) is 10.9. The van der Waals surface area contributed by atoms with E-state index in [-0.39, 0.29) is 45.6 Å². The lowest BCUT2D eigenvalue weighted by Gasteiger charge is -2.42. The molecule has 3 fully saturated rings. The fourth-order valence-electron chi connectivity index (χ4n) is 6.32. The van der Waals surface area contributed by atoms with Crippen molar-refractivity contribution in [3.63, 3.8) is 0 Å². The van der Waals surface area contributed by atoms with E-state index in [9.17, 15) is 24.3 Å². The minimum Gasteiger partial charge on any atom is -0.480 e. The van der Waals surface area contributed by atoms with Crippen molar-refractivity contribution in [3.05, 3.63) is 36.9 Å². The first-order valence-corrected chi connectivity index (χ1v) is 12.5. The van der Waals surface area contributed by atoms with E-state index in [0.29, 0.717) is 0 Å². The number of hydrogen-bond acceptors (Lipinski definition) is 7. The number of rotatable bonds is 3. The fourth-order valence-corrected chi connectivity index (χ4v) is 10.2. The molecule has 2 saturated carbocycles. The number of thiazole rings is 1. The maximum Gasteiger partial charge on any atom is 0.326 e. The predicted molar refractivity (Wildman–Crippen MR) is 112 cm³/mol. The summed E-state index contributed by atoms with van der Waals surface area (Å²) in [6, 6.07) is 2.94. The molecule has 0 radical (unpaired) electrons. The molecule has 7 nitrogen and oxygen atoms in total. The van der Waals surface area contributed by atoms with Gasteiger partial charge >= 0.3 is 10.8 Å². The number of aromatic nitrogens is 1. The van der Waals surface area contributed by atoms with Crippen LogP contribution in [0.3, 0.4) is 0 Å². The van der Waals surface area contributed by atoms with Gasteiger partial charge in [-0.1, -0.05) is 17.4 Å². The van der Waals surface area contributed by atoms with Crippen LogP contribution in [0.1, 0.15) is 29.0 Å². The summed E-state index contributed by atoms with van der Waals surface area (Å²) >= 11 is 4.54. The molecule has 156 valence electrons. The van der Waals surface area contributed by atoms with Gasteiger partial charge in [-0.3, -0.25) is 19.3 Å². The van der Waals surface area contributed by atoms with Gasteiger partial charge in [-0.15, -0.1) is 23.1 Å². The minimum absolute atomic E-state index is 0.0245. The number of H-pyrrole nitrogens is 1. The number of aromatic amines is 1. The Balaban J connectivity index is 1.45. The number of likely N-dealkylation sites (tertiary alicyclic amines) is 1. The normalized spacial score (nSPS) is 37.2. The van der Waals surface area contributed by atoms with Gasteiger partial charge < -0.3 is 10.1 Å². The Morgan fingerprint density at radius 3 is 2.63 bits per heavy atom. The van der Waals surface area contributed by atoms with E-state index < -0.39 is 23.8 Å². The number of imide groups is 1. The molecular weight excluding hydrogens is 444 g/mol. The van der Waals surface area contributed by atoms with Crippen LogP contribution in [0.25, 0.3) is 0 Å². The molecule has 2 aliphatic heterocycles. The zero-order valence-electron chi connectivity index (χ0n) is 15.8. The van der Waals surface area contributed by atoms with Crippen molar-refractivity contribution < 1.29 is 19.5 Å². The second kappa shape index (κ2) is 6.30. The lowest BCUT2D eigenvalue weighted by Crippen LogP contribution is -2.44. The highest BCUT2D eigenvalue weighted by molar-refractivity contribution is 8.00. The van der Waals surface area contributed by atoms with E-state index in [1.807, 2.05) is 11.4 Å². The van der Waals surface area contributed by atoms with E-state index >= 15 is 0 Å².